The molecular formula is C19H26N4O. The Hall–Kier alpha value is -2.56. The average molecular weight is 326 g/mol. The lowest BCUT2D eigenvalue weighted by Crippen LogP contribution is -2.43. The van der Waals surface area contributed by atoms with Crippen molar-refractivity contribution in [2.45, 2.75) is 25.8 Å². The SMILES string of the molecule is CN=C(NCc1ccccn1)NCC(C)(C)c1cccc(OC)c1. The third kappa shape index (κ3) is 4.98. The van der Waals surface area contributed by atoms with E-state index in [-0.39, 0.29) is 5.41 Å². The van der Waals surface area contributed by atoms with Crippen LogP contribution < -0.4 is 15.4 Å². The molecule has 5 nitrogen and oxygen atoms in total. The van der Waals surface area contributed by atoms with Crippen LogP contribution in [-0.2, 0) is 12.0 Å². The molecule has 1 aromatic heterocycles. The second-order valence-corrected chi connectivity index (χ2v) is 6.22. The van der Waals surface area contributed by atoms with E-state index < -0.39 is 0 Å². The van der Waals surface area contributed by atoms with Crippen molar-refractivity contribution in [3.63, 3.8) is 0 Å². The molecule has 1 heterocycles. The highest BCUT2D eigenvalue weighted by molar-refractivity contribution is 5.79. The largest absolute Gasteiger partial charge is 0.497 e. The molecule has 0 aliphatic rings. The molecule has 0 radical (unpaired) electrons. The number of rotatable bonds is 6. The summed E-state index contributed by atoms with van der Waals surface area (Å²) in [6, 6.07) is 14.0. The summed E-state index contributed by atoms with van der Waals surface area (Å²) in [7, 11) is 3.46. The number of nitrogens with zero attached hydrogens (tertiary/aromatic N) is 2. The van der Waals surface area contributed by atoms with Crippen molar-refractivity contribution in [1.29, 1.82) is 0 Å². The Kier molecular flexibility index (Phi) is 6.18. The van der Waals surface area contributed by atoms with Crippen molar-refractivity contribution in [2.24, 2.45) is 4.99 Å². The molecule has 5 heteroatoms. The summed E-state index contributed by atoms with van der Waals surface area (Å²) < 4.78 is 5.32. The van der Waals surface area contributed by atoms with Crippen LogP contribution in [0.15, 0.2) is 53.7 Å². The number of guanidine groups is 1. The highest BCUT2D eigenvalue weighted by Gasteiger charge is 2.21. The number of nitrogens with one attached hydrogen (secondary N) is 2. The van der Waals surface area contributed by atoms with Gasteiger partial charge in [0.2, 0.25) is 0 Å². The summed E-state index contributed by atoms with van der Waals surface area (Å²) in [5.41, 5.74) is 2.14. The topological polar surface area (TPSA) is 58.5 Å². The Morgan fingerprint density at radius 3 is 2.67 bits per heavy atom. The van der Waals surface area contributed by atoms with E-state index in [0.717, 1.165) is 23.9 Å². The van der Waals surface area contributed by atoms with Gasteiger partial charge in [-0.25, -0.2) is 0 Å². The van der Waals surface area contributed by atoms with Gasteiger partial charge in [0, 0.05) is 25.2 Å². The van der Waals surface area contributed by atoms with Crippen molar-refractivity contribution in [1.82, 2.24) is 15.6 Å². The summed E-state index contributed by atoms with van der Waals surface area (Å²) in [5.74, 6) is 1.63. The van der Waals surface area contributed by atoms with Gasteiger partial charge in [-0.2, -0.15) is 0 Å². The molecule has 128 valence electrons. The molecule has 0 spiro atoms. The van der Waals surface area contributed by atoms with Gasteiger partial charge in [-0.1, -0.05) is 32.0 Å². The van der Waals surface area contributed by atoms with Crippen molar-refractivity contribution >= 4 is 5.96 Å². The molecule has 0 amide bonds. The zero-order valence-electron chi connectivity index (χ0n) is 14.8. The number of hydrogen-bond acceptors (Lipinski definition) is 3. The standard InChI is InChI=1S/C19H26N4O/c1-19(2,15-8-7-10-17(12-15)24-4)14-23-18(20-3)22-13-16-9-5-6-11-21-16/h5-12H,13-14H2,1-4H3,(H2,20,22,23). The van der Waals surface area contributed by atoms with Gasteiger partial charge >= 0.3 is 0 Å². The van der Waals surface area contributed by atoms with Gasteiger partial charge in [-0.3, -0.25) is 9.98 Å². The normalized spacial score (nSPS) is 11.9. The van der Waals surface area contributed by atoms with E-state index in [1.165, 1.54) is 5.56 Å². The zero-order valence-corrected chi connectivity index (χ0v) is 14.8. The van der Waals surface area contributed by atoms with Gasteiger partial charge in [0.1, 0.15) is 5.75 Å². The van der Waals surface area contributed by atoms with Crippen LogP contribution in [0.4, 0.5) is 0 Å². The van der Waals surface area contributed by atoms with Crippen LogP contribution >= 0.6 is 0 Å². The molecule has 0 bridgehead atoms. The van der Waals surface area contributed by atoms with Crippen LogP contribution in [0.3, 0.4) is 0 Å². The average Bonchev–Trinajstić information content (AvgIpc) is 2.62. The summed E-state index contributed by atoms with van der Waals surface area (Å²) >= 11 is 0. The van der Waals surface area contributed by atoms with Gasteiger partial charge < -0.3 is 15.4 Å². The molecule has 2 N–H and O–H groups in total. The van der Waals surface area contributed by atoms with Crippen LogP contribution in [0.2, 0.25) is 0 Å². The molecule has 2 rings (SSSR count). The number of aliphatic imine (C=N–C) groups is 1. The minimum atomic E-state index is -0.0584. The molecule has 0 fully saturated rings. The van der Waals surface area contributed by atoms with E-state index in [9.17, 15) is 0 Å². The first kappa shape index (κ1) is 17.8. The minimum absolute atomic E-state index is 0.0584. The molecule has 0 aliphatic heterocycles. The molecule has 0 unspecified atom stereocenters. The lowest BCUT2D eigenvalue weighted by atomic mass is 9.84. The smallest absolute Gasteiger partial charge is 0.191 e. The lowest BCUT2D eigenvalue weighted by molar-refractivity contribution is 0.411. The number of pyridine rings is 1. The van der Waals surface area contributed by atoms with Gasteiger partial charge in [0.05, 0.1) is 19.3 Å². The molecule has 0 saturated carbocycles. The fourth-order valence-corrected chi connectivity index (χ4v) is 2.35. The summed E-state index contributed by atoms with van der Waals surface area (Å²) in [6.45, 7) is 5.78. The maximum atomic E-state index is 5.32. The number of methoxy groups -OCH3 is 1. The first-order valence-electron chi connectivity index (χ1n) is 8.04. The van der Waals surface area contributed by atoms with Crippen LogP contribution in [0, 0.1) is 0 Å². The molecule has 0 saturated heterocycles. The summed E-state index contributed by atoms with van der Waals surface area (Å²) in [5, 5.41) is 6.67. The van der Waals surface area contributed by atoms with E-state index in [2.05, 4.69) is 46.6 Å². The van der Waals surface area contributed by atoms with Gasteiger partial charge in [-0.05, 0) is 29.8 Å². The Labute approximate surface area is 144 Å². The van der Waals surface area contributed by atoms with Crippen LogP contribution in [-0.4, -0.2) is 31.6 Å². The van der Waals surface area contributed by atoms with E-state index in [1.54, 1.807) is 20.4 Å². The highest BCUT2D eigenvalue weighted by Crippen LogP contribution is 2.25. The molecule has 24 heavy (non-hydrogen) atoms. The van der Waals surface area contributed by atoms with Crippen LogP contribution in [0.25, 0.3) is 0 Å². The number of hydrogen-bond donors (Lipinski definition) is 2. The number of aromatic nitrogens is 1. The second-order valence-electron chi connectivity index (χ2n) is 6.22. The fraction of sp³-hybridized carbons (Fsp3) is 0.368. The van der Waals surface area contributed by atoms with E-state index >= 15 is 0 Å². The van der Waals surface area contributed by atoms with E-state index in [1.807, 2.05) is 30.3 Å². The predicted molar refractivity (Wildman–Crippen MR) is 98.5 cm³/mol. The maximum Gasteiger partial charge on any atom is 0.191 e. The zero-order chi connectivity index (χ0) is 17.4. The first-order valence-corrected chi connectivity index (χ1v) is 8.04. The molecule has 0 atom stereocenters. The van der Waals surface area contributed by atoms with Gasteiger partial charge in [0.15, 0.2) is 5.96 Å². The maximum absolute atomic E-state index is 5.32. The summed E-state index contributed by atoms with van der Waals surface area (Å²) in [4.78, 5) is 8.58. The van der Waals surface area contributed by atoms with Crippen LogP contribution in [0.1, 0.15) is 25.1 Å². The first-order chi connectivity index (χ1) is 11.5. The Balaban J connectivity index is 1.93. The quantitative estimate of drug-likeness (QED) is 0.633. The Bertz CT molecular complexity index is 668. The third-order valence-electron chi connectivity index (χ3n) is 3.94. The molecular weight excluding hydrogens is 300 g/mol. The van der Waals surface area contributed by atoms with E-state index in [4.69, 9.17) is 4.74 Å². The lowest BCUT2D eigenvalue weighted by Gasteiger charge is -2.27. The molecule has 0 aliphatic carbocycles. The van der Waals surface area contributed by atoms with Crippen molar-refractivity contribution < 1.29 is 4.74 Å². The van der Waals surface area contributed by atoms with Crippen LogP contribution in [0.5, 0.6) is 5.75 Å². The fourth-order valence-electron chi connectivity index (χ4n) is 2.35. The van der Waals surface area contributed by atoms with Gasteiger partial charge in [0.25, 0.3) is 0 Å². The van der Waals surface area contributed by atoms with Crippen molar-refractivity contribution in [3.8, 4) is 5.75 Å². The van der Waals surface area contributed by atoms with E-state index in [0.29, 0.717) is 6.54 Å². The Morgan fingerprint density at radius 1 is 1.17 bits per heavy atom. The summed E-state index contributed by atoms with van der Waals surface area (Å²) in [6.07, 6.45) is 1.79. The third-order valence-corrected chi connectivity index (χ3v) is 3.94. The minimum Gasteiger partial charge on any atom is -0.497 e. The molecule has 1 aromatic carbocycles. The van der Waals surface area contributed by atoms with Crippen molar-refractivity contribution in [3.05, 3.63) is 59.9 Å². The van der Waals surface area contributed by atoms with Crippen molar-refractivity contribution in [2.75, 3.05) is 20.7 Å². The molecule has 2 aromatic rings. The number of benzene rings is 1. The number of ether oxygens (including phenoxy) is 1. The second kappa shape index (κ2) is 8.34. The predicted octanol–water partition coefficient (Wildman–Crippen LogP) is 2.73. The highest BCUT2D eigenvalue weighted by atomic mass is 16.5. The monoisotopic (exact) mass is 326 g/mol. The Morgan fingerprint density at radius 2 is 2.00 bits per heavy atom. The van der Waals surface area contributed by atoms with Gasteiger partial charge in [-0.15, -0.1) is 0 Å².